The standard InChI is InChI=1S/C23H24N2O3/c1-15-23-20(19-6-4-5-7-21(19)24-23)10-11-25(15)22(26)9-8-16-12-17(27-2)14-18(13-16)28-3/h4-9,12-15,24H,10-11H2,1-3H3/b9-8+/t15-/m1/s1. The zero-order chi connectivity index (χ0) is 19.7. The van der Waals surface area contributed by atoms with E-state index in [4.69, 9.17) is 9.47 Å². The molecule has 28 heavy (non-hydrogen) atoms. The van der Waals surface area contributed by atoms with E-state index < -0.39 is 0 Å². The molecule has 144 valence electrons. The maximum atomic E-state index is 12.9. The van der Waals surface area contributed by atoms with E-state index >= 15 is 0 Å². The summed E-state index contributed by atoms with van der Waals surface area (Å²) in [7, 11) is 3.22. The first-order valence-corrected chi connectivity index (χ1v) is 9.42. The molecule has 0 radical (unpaired) electrons. The molecule has 0 bridgehead atoms. The first-order valence-electron chi connectivity index (χ1n) is 9.42. The van der Waals surface area contributed by atoms with Crippen molar-refractivity contribution in [3.8, 4) is 11.5 Å². The molecule has 1 aliphatic rings. The Balaban J connectivity index is 1.57. The number of ether oxygens (including phenoxy) is 2. The van der Waals surface area contributed by atoms with Crippen LogP contribution in [0.3, 0.4) is 0 Å². The molecule has 0 aliphatic carbocycles. The van der Waals surface area contributed by atoms with Crippen LogP contribution in [0.15, 0.2) is 48.5 Å². The van der Waals surface area contributed by atoms with Crippen LogP contribution in [0.25, 0.3) is 17.0 Å². The second-order valence-corrected chi connectivity index (χ2v) is 7.00. The van der Waals surface area contributed by atoms with Crippen LogP contribution < -0.4 is 9.47 Å². The Morgan fingerprint density at radius 1 is 1.14 bits per heavy atom. The van der Waals surface area contributed by atoms with Gasteiger partial charge in [-0.25, -0.2) is 0 Å². The van der Waals surface area contributed by atoms with E-state index in [0.717, 1.165) is 23.2 Å². The van der Waals surface area contributed by atoms with Crippen LogP contribution >= 0.6 is 0 Å². The van der Waals surface area contributed by atoms with Gasteiger partial charge in [0.1, 0.15) is 11.5 Å². The second kappa shape index (κ2) is 7.43. The monoisotopic (exact) mass is 376 g/mol. The van der Waals surface area contributed by atoms with Crippen molar-refractivity contribution in [1.82, 2.24) is 9.88 Å². The normalized spacial score (nSPS) is 16.4. The van der Waals surface area contributed by atoms with E-state index in [1.54, 1.807) is 26.4 Å². The fourth-order valence-electron chi connectivity index (χ4n) is 3.92. The predicted octanol–water partition coefficient (Wildman–Crippen LogP) is 4.34. The van der Waals surface area contributed by atoms with Crippen molar-refractivity contribution in [2.75, 3.05) is 20.8 Å². The molecule has 1 aromatic heterocycles. The van der Waals surface area contributed by atoms with Gasteiger partial charge in [-0.15, -0.1) is 0 Å². The zero-order valence-corrected chi connectivity index (χ0v) is 16.4. The lowest BCUT2D eigenvalue weighted by Crippen LogP contribution is -2.37. The summed E-state index contributed by atoms with van der Waals surface area (Å²) < 4.78 is 10.6. The minimum Gasteiger partial charge on any atom is -0.497 e. The predicted molar refractivity (Wildman–Crippen MR) is 111 cm³/mol. The van der Waals surface area contributed by atoms with Crippen LogP contribution in [0.1, 0.15) is 29.8 Å². The highest BCUT2D eigenvalue weighted by molar-refractivity contribution is 5.93. The number of H-pyrrole nitrogens is 1. The highest BCUT2D eigenvalue weighted by Gasteiger charge is 2.29. The summed E-state index contributed by atoms with van der Waals surface area (Å²) in [6, 6.07) is 13.9. The average Bonchev–Trinajstić information content (AvgIpc) is 3.11. The van der Waals surface area contributed by atoms with Crippen LogP contribution in [0, 0.1) is 0 Å². The highest BCUT2D eigenvalue weighted by atomic mass is 16.5. The maximum Gasteiger partial charge on any atom is 0.247 e. The Morgan fingerprint density at radius 3 is 2.57 bits per heavy atom. The molecule has 0 saturated carbocycles. The van der Waals surface area contributed by atoms with Crippen molar-refractivity contribution in [2.45, 2.75) is 19.4 Å². The van der Waals surface area contributed by atoms with E-state index in [-0.39, 0.29) is 11.9 Å². The molecule has 4 rings (SSSR count). The van der Waals surface area contributed by atoms with Crippen molar-refractivity contribution >= 4 is 22.9 Å². The number of hydrogen-bond acceptors (Lipinski definition) is 3. The van der Waals surface area contributed by atoms with E-state index in [1.165, 1.54) is 10.9 Å². The Bertz CT molecular complexity index is 1030. The number of aromatic amines is 1. The summed E-state index contributed by atoms with van der Waals surface area (Å²) in [4.78, 5) is 18.3. The molecule has 0 spiro atoms. The molecule has 0 fully saturated rings. The molecule has 2 aromatic carbocycles. The molecule has 0 saturated heterocycles. The largest absolute Gasteiger partial charge is 0.497 e. The number of para-hydroxylation sites is 1. The molecule has 1 amide bonds. The second-order valence-electron chi connectivity index (χ2n) is 7.00. The van der Waals surface area contributed by atoms with Gasteiger partial charge in [0.15, 0.2) is 0 Å². The Morgan fingerprint density at radius 2 is 1.86 bits per heavy atom. The van der Waals surface area contributed by atoms with Crippen molar-refractivity contribution in [2.24, 2.45) is 0 Å². The van der Waals surface area contributed by atoms with Gasteiger partial charge in [-0.2, -0.15) is 0 Å². The van der Waals surface area contributed by atoms with Crippen LogP contribution in [-0.2, 0) is 11.2 Å². The number of methoxy groups -OCH3 is 2. The summed E-state index contributed by atoms with van der Waals surface area (Å²) >= 11 is 0. The summed E-state index contributed by atoms with van der Waals surface area (Å²) in [5.74, 6) is 1.39. The SMILES string of the molecule is COc1cc(/C=C/C(=O)N2CCc3c([nH]c4ccccc34)[C@H]2C)cc(OC)c1. The molecule has 1 N–H and O–H groups in total. The molecule has 1 atom stereocenters. The van der Waals surface area contributed by atoms with Crippen molar-refractivity contribution in [3.63, 3.8) is 0 Å². The molecule has 2 heterocycles. The summed E-state index contributed by atoms with van der Waals surface area (Å²) in [6.45, 7) is 2.79. The Labute approximate surface area is 164 Å². The van der Waals surface area contributed by atoms with E-state index in [0.29, 0.717) is 18.0 Å². The van der Waals surface area contributed by atoms with Gasteiger partial charge in [0.05, 0.1) is 20.3 Å². The molecular formula is C23H24N2O3. The van der Waals surface area contributed by atoms with Crippen LogP contribution in [0.5, 0.6) is 11.5 Å². The van der Waals surface area contributed by atoms with Crippen molar-refractivity contribution in [1.29, 1.82) is 0 Å². The first kappa shape index (κ1) is 18.2. The number of nitrogens with zero attached hydrogens (tertiary/aromatic N) is 1. The first-order chi connectivity index (χ1) is 13.6. The molecular weight excluding hydrogens is 352 g/mol. The fraction of sp³-hybridized carbons (Fsp3) is 0.261. The van der Waals surface area contributed by atoms with Gasteiger partial charge in [0, 0.05) is 35.3 Å². The molecule has 5 nitrogen and oxygen atoms in total. The van der Waals surface area contributed by atoms with Crippen LogP contribution in [-0.4, -0.2) is 36.6 Å². The van der Waals surface area contributed by atoms with Gasteiger partial charge in [-0.05, 0) is 48.7 Å². The Kier molecular flexibility index (Phi) is 4.82. The lowest BCUT2D eigenvalue weighted by molar-refractivity contribution is -0.128. The number of benzene rings is 2. The minimum absolute atomic E-state index is 0.00130. The number of carbonyl (C=O) groups is 1. The van der Waals surface area contributed by atoms with Gasteiger partial charge in [-0.3, -0.25) is 4.79 Å². The van der Waals surface area contributed by atoms with E-state index in [2.05, 4.69) is 30.1 Å². The van der Waals surface area contributed by atoms with Crippen molar-refractivity contribution < 1.29 is 14.3 Å². The zero-order valence-electron chi connectivity index (χ0n) is 16.4. The average molecular weight is 376 g/mol. The summed E-state index contributed by atoms with van der Waals surface area (Å²) in [6.07, 6.45) is 4.29. The Hall–Kier alpha value is -3.21. The van der Waals surface area contributed by atoms with Crippen LogP contribution in [0.2, 0.25) is 0 Å². The number of carbonyl (C=O) groups excluding carboxylic acids is 1. The lowest BCUT2D eigenvalue weighted by atomic mass is 9.98. The van der Waals surface area contributed by atoms with E-state index in [9.17, 15) is 4.79 Å². The van der Waals surface area contributed by atoms with E-state index in [1.807, 2.05) is 29.2 Å². The molecule has 0 unspecified atom stereocenters. The molecule has 5 heteroatoms. The maximum absolute atomic E-state index is 12.9. The van der Waals surface area contributed by atoms with Crippen molar-refractivity contribution in [3.05, 3.63) is 65.4 Å². The van der Waals surface area contributed by atoms with Gasteiger partial charge < -0.3 is 19.4 Å². The van der Waals surface area contributed by atoms with Crippen LogP contribution in [0.4, 0.5) is 0 Å². The van der Waals surface area contributed by atoms with Gasteiger partial charge in [-0.1, -0.05) is 18.2 Å². The fourth-order valence-corrected chi connectivity index (χ4v) is 3.92. The third-order valence-electron chi connectivity index (χ3n) is 5.41. The quantitative estimate of drug-likeness (QED) is 0.689. The smallest absolute Gasteiger partial charge is 0.247 e. The number of nitrogens with one attached hydrogen (secondary N) is 1. The minimum atomic E-state index is -0.00130. The number of hydrogen-bond donors (Lipinski definition) is 1. The summed E-state index contributed by atoms with van der Waals surface area (Å²) in [5, 5.41) is 1.26. The van der Waals surface area contributed by atoms with Gasteiger partial charge in [0.2, 0.25) is 5.91 Å². The highest BCUT2D eigenvalue weighted by Crippen LogP contribution is 2.34. The number of fused-ring (bicyclic) bond motifs is 3. The summed E-state index contributed by atoms with van der Waals surface area (Å²) in [5.41, 5.74) is 4.46. The molecule has 3 aromatic rings. The third kappa shape index (κ3) is 3.24. The number of aromatic nitrogens is 1. The third-order valence-corrected chi connectivity index (χ3v) is 5.41. The lowest BCUT2D eigenvalue weighted by Gasteiger charge is -2.32. The number of rotatable bonds is 4. The molecule has 1 aliphatic heterocycles. The van der Waals surface area contributed by atoms with Gasteiger partial charge >= 0.3 is 0 Å². The number of amides is 1. The van der Waals surface area contributed by atoms with Gasteiger partial charge in [0.25, 0.3) is 0 Å². The topological polar surface area (TPSA) is 54.6 Å².